The molecule has 7 nitrogen and oxygen atoms in total. The van der Waals surface area contributed by atoms with Crippen LogP contribution in [0.5, 0.6) is 0 Å². The molecular formula is C27H38N2O5. The van der Waals surface area contributed by atoms with Crippen LogP contribution in [-0.2, 0) is 20.7 Å². The lowest BCUT2D eigenvalue weighted by Gasteiger charge is -2.34. The van der Waals surface area contributed by atoms with Crippen LogP contribution in [0.3, 0.4) is 0 Å². The maximum absolute atomic E-state index is 13.4. The lowest BCUT2D eigenvalue weighted by atomic mass is 9.86. The molecule has 0 spiro atoms. The fraction of sp³-hybridized carbons (Fsp3) is 0.593. The zero-order chi connectivity index (χ0) is 24.9. The van der Waals surface area contributed by atoms with Crippen LogP contribution in [0.15, 0.2) is 42.5 Å². The first kappa shape index (κ1) is 25.8. The standard InChI is InChI=1S/C27H38N2O5/c1-19(2)23(12-11-20-13-15-28(16-14-20)25(31)34-27(3,4)5)24(30)29-22(18-33-26(29)32)17-21-9-7-6-8-10-21/h6-10,20,22-23H,1,11-18H2,2-5H3/t22-,23+/m1/s1. The molecule has 2 heterocycles. The van der Waals surface area contributed by atoms with Crippen molar-refractivity contribution in [2.45, 2.75) is 71.4 Å². The Bertz CT molecular complexity index is 884. The van der Waals surface area contributed by atoms with Crippen LogP contribution in [0.4, 0.5) is 9.59 Å². The molecule has 0 radical (unpaired) electrons. The van der Waals surface area contributed by atoms with Crippen LogP contribution in [0.2, 0.25) is 0 Å². The number of amides is 3. The van der Waals surface area contributed by atoms with E-state index in [-0.39, 0.29) is 24.6 Å². The number of ether oxygens (including phenoxy) is 2. The first-order chi connectivity index (χ1) is 16.0. The summed E-state index contributed by atoms with van der Waals surface area (Å²) < 4.78 is 10.7. The summed E-state index contributed by atoms with van der Waals surface area (Å²) in [5.74, 6) is -0.228. The van der Waals surface area contributed by atoms with E-state index in [0.717, 1.165) is 30.4 Å². The lowest BCUT2D eigenvalue weighted by molar-refractivity contribution is -0.132. The van der Waals surface area contributed by atoms with Gasteiger partial charge in [-0.3, -0.25) is 4.79 Å². The minimum Gasteiger partial charge on any atom is -0.447 e. The average Bonchev–Trinajstić information content (AvgIpc) is 3.13. The van der Waals surface area contributed by atoms with Gasteiger partial charge in [-0.1, -0.05) is 42.5 Å². The second-order valence-corrected chi connectivity index (χ2v) is 10.5. The van der Waals surface area contributed by atoms with Crippen molar-refractivity contribution in [2.75, 3.05) is 19.7 Å². The molecule has 1 aromatic rings. The number of piperidine rings is 1. The monoisotopic (exact) mass is 470 g/mol. The molecular weight excluding hydrogens is 432 g/mol. The molecule has 0 saturated carbocycles. The molecule has 0 aliphatic carbocycles. The van der Waals surface area contributed by atoms with Gasteiger partial charge in [0.15, 0.2) is 0 Å². The van der Waals surface area contributed by atoms with Gasteiger partial charge in [0, 0.05) is 13.1 Å². The Labute approximate surface area is 203 Å². The van der Waals surface area contributed by atoms with E-state index >= 15 is 0 Å². The molecule has 3 rings (SSSR count). The molecule has 0 unspecified atom stereocenters. The van der Waals surface area contributed by atoms with Crippen molar-refractivity contribution in [1.82, 2.24) is 9.80 Å². The number of hydrogen-bond donors (Lipinski definition) is 0. The van der Waals surface area contributed by atoms with Gasteiger partial charge in [-0.15, -0.1) is 0 Å². The van der Waals surface area contributed by atoms with E-state index in [1.54, 1.807) is 4.90 Å². The van der Waals surface area contributed by atoms with Gasteiger partial charge in [0.25, 0.3) is 0 Å². The Kier molecular flexibility index (Phi) is 8.39. The second kappa shape index (κ2) is 11.1. The van der Waals surface area contributed by atoms with Gasteiger partial charge in [-0.25, -0.2) is 14.5 Å². The van der Waals surface area contributed by atoms with Crippen molar-refractivity contribution in [2.24, 2.45) is 11.8 Å². The van der Waals surface area contributed by atoms with Crippen LogP contribution >= 0.6 is 0 Å². The summed E-state index contributed by atoms with van der Waals surface area (Å²) in [4.78, 5) is 41.3. The Morgan fingerprint density at radius 3 is 2.41 bits per heavy atom. The van der Waals surface area contributed by atoms with Gasteiger partial charge in [-0.05, 0) is 71.3 Å². The predicted molar refractivity (Wildman–Crippen MR) is 130 cm³/mol. The van der Waals surface area contributed by atoms with Crippen molar-refractivity contribution in [3.63, 3.8) is 0 Å². The van der Waals surface area contributed by atoms with Gasteiger partial charge >= 0.3 is 12.2 Å². The normalized spacial score (nSPS) is 20.1. The van der Waals surface area contributed by atoms with Gasteiger partial charge < -0.3 is 14.4 Å². The van der Waals surface area contributed by atoms with E-state index in [9.17, 15) is 14.4 Å². The largest absolute Gasteiger partial charge is 0.447 e. The number of benzene rings is 1. The predicted octanol–water partition coefficient (Wildman–Crippen LogP) is 5.20. The maximum atomic E-state index is 13.4. The van der Waals surface area contributed by atoms with Crippen LogP contribution in [0.25, 0.3) is 0 Å². The molecule has 2 fully saturated rings. The summed E-state index contributed by atoms with van der Waals surface area (Å²) in [5.41, 5.74) is 1.32. The number of nitrogens with zero attached hydrogens (tertiary/aromatic N) is 2. The summed E-state index contributed by atoms with van der Waals surface area (Å²) in [5, 5.41) is 0. The van der Waals surface area contributed by atoms with Crippen LogP contribution in [0, 0.1) is 11.8 Å². The fourth-order valence-electron chi connectivity index (χ4n) is 4.65. The molecule has 1 aromatic carbocycles. The molecule has 2 atom stereocenters. The number of likely N-dealkylation sites (tertiary alicyclic amines) is 1. The molecule has 2 aliphatic rings. The van der Waals surface area contributed by atoms with Gasteiger partial charge in [0.1, 0.15) is 12.2 Å². The summed E-state index contributed by atoms with van der Waals surface area (Å²) in [6, 6.07) is 9.52. The minimum atomic E-state index is -0.567. The highest BCUT2D eigenvalue weighted by Crippen LogP contribution is 2.30. The van der Waals surface area contributed by atoms with Gasteiger partial charge in [0.05, 0.1) is 12.0 Å². The SMILES string of the molecule is C=C(C)[C@H](CCC1CCN(C(=O)OC(C)(C)C)CC1)C(=O)N1C(=O)OC[C@H]1Cc1ccccc1. The summed E-state index contributed by atoms with van der Waals surface area (Å²) in [6.07, 6.45) is 2.97. The zero-order valence-corrected chi connectivity index (χ0v) is 20.9. The first-order valence-corrected chi connectivity index (χ1v) is 12.2. The molecule has 2 saturated heterocycles. The molecule has 34 heavy (non-hydrogen) atoms. The highest BCUT2D eigenvalue weighted by Gasteiger charge is 2.41. The van der Waals surface area contributed by atoms with Gasteiger partial charge in [-0.2, -0.15) is 0 Å². The van der Waals surface area contributed by atoms with Crippen molar-refractivity contribution in [1.29, 1.82) is 0 Å². The zero-order valence-electron chi connectivity index (χ0n) is 20.9. The number of carbonyl (C=O) groups is 3. The van der Waals surface area contributed by atoms with E-state index in [1.165, 1.54) is 4.90 Å². The Hall–Kier alpha value is -2.83. The third-order valence-electron chi connectivity index (χ3n) is 6.54. The van der Waals surface area contributed by atoms with Crippen molar-refractivity contribution in [3.8, 4) is 0 Å². The number of hydrogen-bond acceptors (Lipinski definition) is 5. The number of carbonyl (C=O) groups excluding carboxylic acids is 3. The number of cyclic esters (lactones) is 1. The molecule has 0 bridgehead atoms. The third-order valence-corrected chi connectivity index (χ3v) is 6.54. The smallest absolute Gasteiger partial charge is 0.417 e. The highest BCUT2D eigenvalue weighted by molar-refractivity contribution is 5.96. The molecule has 186 valence electrons. The Balaban J connectivity index is 1.55. The molecule has 7 heteroatoms. The quantitative estimate of drug-likeness (QED) is 0.512. The van der Waals surface area contributed by atoms with Crippen molar-refractivity contribution >= 4 is 18.1 Å². The van der Waals surface area contributed by atoms with Crippen LogP contribution < -0.4 is 0 Å². The van der Waals surface area contributed by atoms with Crippen molar-refractivity contribution < 1.29 is 23.9 Å². The fourth-order valence-corrected chi connectivity index (χ4v) is 4.65. The van der Waals surface area contributed by atoms with Crippen molar-refractivity contribution in [3.05, 3.63) is 48.0 Å². The van der Waals surface area contributed by atoms with E-state index in [1.807, 2.05) is 58.0 Å². The Morgan fingerprint density at radius 2 is 1.82 bits per heavy atom. The minimum absolute atomic E-state index is 0.214. The van der Waals surface area contributed by atoms with Crippen LogP contribution in [-0.4, -0.2) is 59.2 Å². The molecule has 0 aromatic heterocycles. The Morgan fingerprint density at radius 1 is 1.18 bits per heavy atom. The maximum Gasteiger partial charge on any atom is 0.417 e. The van der Waals surface area contributed by atoms with E-state index in [4.69, 9.17) is 9.47 Å². The molecule has 2 aliphatic heterocycles. The number of rotatable bonds is 7. The summed E-state index contributed by atoms with van der Waals surface area (Å²) in [6.45, 7) is 13.0. The first-order valence-electron chi connectivity index (χ1n) is 12.2. The molecule has 0 N–H and O–H groups in total. The van der Waals surface area contributed by atoms with Gasteiger partial charge in [0.2, 0.25) is 5.91 Å². The van der Waals surface area contributed by atoms with Crippen LogP contribution in [0.1, 0.15) is 58.9 Å². The summed E-state index contributed by atoms with van der Waals surface area (Å²) >= 11 is 0. The van der Waals surface area contributed by atoms with E-state index in [2.05, 4.69) is 6.58 Å². The molecule has 3 amide bonds. The number of imide groups is 1. The lowest BCUT2D eigenvalue weighted by Crippen LogP contribution is -2.44. The average molecular weight is 471 g/mol. The van der Waals surface area contributed by atoms with E-state index in [0.29, 0.717) is 31.8 Å². The highest BCUT2D eigenvalue weighted by atomic mass is 16.6. The topological polar surface area (TPSA) is 76.2 Å². The second-order valence-electron chi connectivity index (χ2n) is 10.5. The van der Waals surface area contributed by atoms with E-state index < -0.39 is 17.6 Å². The summed E-state index contributed by atoms with van der Waals surface area (Å²) in [7, 11) is 0. The third kappa shape index (κ3) is 6.84.